The first kappa shape index (κ1) is 12.2. The smallest absolute Gasteiger partial charge is 0.280 e. The molecule has 0 saturated heterocycles. The molecule has 5 nitrogen and oxygen atoms in total. The monoisotopic (exact) mass is 222 g/mol. The van der Waals surface area contributed by atoms with Crippen molar-refractivity contribution in [2.75, 3.05) is 18.5 Å². The van der Waals surface area contributed by atoms with Gasteiger partial charge in [-0.25, -0.2) is 0 Å². The fourth-order valence-electron chi connectivity index (χ4n) is 1.50. The quantitative estimate of drug-likeness (QED) is 0.435. The summed E-state index contributed by atoms with van der Waals surface area (Å²) in [6.07, 6.45) is 1.49. The van der Waals surface area contributed by atoms with Crippen LogP contribution in [-0.4, -0.2) is 24.8 Å². The third-order valence-electron chi connectivity index (χ3n) is 2.33. The molecule has 0 saturated carbocycles. The number of nitrogens with zero attached hydrogens (tertiary/aromatic N) is 2. The van der Waals surface area contributed by atoms with Gasteiger partial charge in [0.15, 0.2) is 6.29 Å². The van der Waals surface area contributed by atoms with Crippen molar-refractivity contribution in [2.45, 2.75) is 13.3 Å². The predicted molar refractivity (Wildman–Crippen MR) is 62.0 cm³/mol. The highest BCUT2D eigenvalue weighted by atomic mass is 16.6. The van der Waals surface area contributed by atoms with E-state index in [0.717, 1.165) is 18.7 Å². The molecule has 0 bridgehead atoms. The van der Waals surface area contributed by atoms with Crippen LogP contribution in [-0.2, 0) is 0 Å². The Morgan fingerprint density at radius 2 is 2.19 bits per heavy atom. The Balaban J connectivity index is 3.08. The lowest BCUT2D eigenvalue weighted by molar-refractivity contribution is -0.385. The number of carbonyl (C=O) groups excluding carboxylic acids is 1. The first-order valence-corrected chi connectivity index (χ1v) is 5.05. The molecule has 0 atom stereocenters. The zero-order chi connectivity index (χ0) is 12.1. The zero-order valence-electron chi connectivity index (χ0n) is 9.34. The second-order valence-electron chi connectivity index (χ2n) is 3.54. The average Bonchev–Trinajstić information content (AvgIpc) is 2.28. The van der Waals surface area contributed by atoms with Gasteiger partial charge >= 0.3 is 0 Å². The van der Waals surface area contributed by atoms with E-state index in [1.165, 1.54) is 6.07 Å². The predicted octanol–water partition coefficient (Wildman–Crippen LogP) is 2.25. The SMILES string of the molecule is CCCN(C)c1ccc([N+](=O)[O-])c(C=O)c1. The van der Waals surface area contributed by atoms with Gasteiger partial charge in [-0.3, -0.25) is 14.9 Å². The minimum atomic E-state index is -0.548. The van der Waals surface area contributed by atoms with Gasteiger partial charge in [0.1, 0.15) is 0 Å². The van der Waals surface area contributed by atoms with Gasteiger partial charge in [-0.15, -0.1) is 0 Å². The van der Waals surface area contributed by atoms with Crippen LogP contribution in [0.5, 0.6) is 0 Å². The second kappa shape index (κ2) is 5.25. The van der Waals surface area contributed by atoms with Crippen LogP contribution < -0.4 is 4.90 Å². The van der Waals surface area contributed by atoms with Crippen LogP contribution >= 0.6 is 0 Å². The summed E-state index contributed by atoms with van der Waals surface area (Å²) in [6.45, 7) is 2.89. The third kappa shape index (κ3) is 2.56. The van der Waals surface area contributed by atoms with Crippen LogP contribution in [0.3, 0.4) is 0 Å². The molecule has 0 unspecified atom stereocenters. The molecule has 86 valence electrons. The molecule has 1 aromatic rings. The van der Waals surface area contributed by atoms with E-state index in [0.29, 0.717) is 6.29 Å². The number of nitro benzene ring substituents is 1. The Morgan fingerprint density at radius 3 is 2.69 bits per heavy atom. The molecule has 0 heterocycles. The van der Waals surface area contributed by atoms with Crippen molar-refractivity contribution in [1.82, 2.24) is 0 Å². The Labute approximate surface area is 93.8 Å². The molecule has 0 fully saturated rings. The van der Waals surface area contributed by atoms with E-state index in [1.807, 2.05) is 18.9 Å². The van der Waals surface area contributed by atoms with Gasteiger partial charge in [0.2, 0.25) is 0 Å². The highest BCUT2D eigenvalue weighted by molar-refractivity contribution is 5.83. The molecule has 0 radical (unpaired) electrons. The summed E-state index contributed by atoms with van der Waals surface area (Å²) in [6, 6.07) is 4.56. The lowest BCUT2D eigenvalue weighted by Gasteiger charge is -2.18. The van der Waals surface area contributed by atoms with E-state index in [4.69, 9.17) is 0 Å². The maximum Gasteiger partial charge on any atom is 0.280 e. The number of carbonyl (C=O) groups is 1. The van der Waals surface area contributed by atoms with Crippen LogP contribution in [0.25, 0.3) is 0 Å². The Morgan fingerprint density at radius 1 is 1.50 bits per heavy atom. The summed E-state index contributed by atoms with van der Waals surface area (Å²) < 4.78 is 0. The van der Waals surface area contributed by atoms with Crippen LogP contribution in [0, 0.1) is 10.1 Å². The molecule has 16 heavy (non-hydrogen) atoms. The first-order valence-electron chi connectivity index (χ1n) is 5.05. The summed E-state index contributed by atoms with van der Waals surface area (Å²) in [5, 5.41) is 10.6. The van der Waals surface area contributed by atoms with Gasteiger partial charge in [-0.05, 0) is 18.6 Å². The van der Waals surface area contributed by atoms with Gasteiger partial charge in [-0.1, -0.05) is 6.92 Å². The molecule has 5 heteroatoms. The highest BCUT2D eigenvalue weighted by Gasteiger charge is 2.14. The molecule has 0 spiro atoms. The van der Waals surface area contributed by atoms with E-state index in [1.54, 1.807) is 12.1 Å². The van der Waals surface area contributed by atoms with Crippen LogP contribution in [0.15, 0.2) is 18.2 Å². The molecule has 1 rings (SSSR count). The lowest BCUT2D eigenvalue weighted by Crippen LogP contribution is -2.17. The molecular formula is C11H14N2O3. The average molecular weight is 222 g/mol. The number of hydrogen-bond acceptors (Lipinski definition) is 4. The molecule has 0 amide bonds. The number of nitro groups is 1. The standard InChI is InChI=1S/C11H14N2O3/c1-3-6-12(2)10-4-5-11(13(15)16)9(7-10)8-14/h4-5,7-8H,3,6H2,1-2H3. The van der Waals surface area contributed by atoms with Crippen LogP contribution in [0.2, 0.25) is 0 Å². The second-order valence-corrected chi connectivity index (χ2v) is 3.54. The number of aldehydes is 1. The molecular weight excluding hydrogens is 208 g/mol. The van der Waals surface area contributed by atoms with E-state index in [-0.39, 0.29) is 11.3 Å². The Hall–Kier alpha value is -1.91. The highest BCUT2D eigenvalue weighted by Crippen LogP contribution is 2.23. The van der Waals surface area contributed by atoms with Crippen molar-refractivity contribution >= 4 is 17.7 Å². The largest absolute Gasteiger partial charge is 0.375 e. The molecule has 0 N–H and O–H groups in total. The maximum absolute atomic E-state index is 10.7. The van der Waals surface area contributed by atoms with Gasteiger partial charge in [0, 0.05) is 25.3 Å². The van der Waals surface area contributed by atoms with Gasteiger partial charge < -0.3 is 4.90 Å². The fraction of sp³-hybridized carbons (Fsp3) is 0.364. The normalized spacial score (nSPS) is 9.88. The van der Waals surface area contributed by atoms with Crippen molar-refractivity contribution in [1.29, 1.82) is 0 Å². The topological polar surface area (TPSA) is 63.4 Å². The maximum atomic E-state index is 10.7. The van der Waals surface area contributed by atoms with Gasteiger partial charge in [0.25, 0.3) is 5.69 Å². The summed E-state index contributed by atoms with van der Waals surface area (Å²) in [5.74, 6) is 0. The molecule has 0 aliphatic heterocycles. The molecule has 0 aliphatic rings. The first-order chi connectivity index (χ1) is 7.60. The number of anilines is 1. The zero-order valence-corrected chi connectivity index (χ0v) is 9.34. The minimum Gasteiger partial charge on any atom is -0.375 e. The third-order valence-corrected chi connectivity index (χ3v) is 2.33. The van der Waals surface area contributed by atoms with Crippen LogP contribution in [0.1, 0.15) is 23.7 Å². The number of rotatable bonds is 5. The van der Waals surface area contributed by atoms with Gasteiger partial charge in [-0.2, -0.15) is 0 Å². The van der Waals surface area contributed by atoms with Crippen molar-refractivity contribution in [2.24, 2.45) is 0 Å². The van der Waals surface area contributed by atoms with E-state index >= 15 is 0 Å². The fourth-order valence-corrected chi connectivity index (χ4v) is 1.50. The van der Waals surface area contributed by atoms with E-state index in [9.17, 15) is 14.9 Å². The summed E-state index contributed by atoms with van der Waals surface area (Å²) in [7, 11) is 1.89. The minimum absolute atomic E-state index is 0.116. The van der Waals surface area contributed by atoms with Crippen molar-refractivity contribution in [3.63, 3.8) is 0 Å². The van der Waals surface area contributed by atoms with E-state index < -0.39 is 4.92 Å². The van der Waals surface area contributed by atoms with Crippen molar-refractivity contribution in [3.05, 3.63) is 33.9 Å². The molecule has 0 aliphatic carbocycles. The lowest BCUT2D eigenvalue weighted by atomic mass is 10.1. The Kier molecular flexibility index (Phi) is 3.99. The van der Waals surface area contributed by atoms with Crippen molar-refractivity contribution in [3.8, 4) is 0 Å². The Bertz CT molecular complexity index is 404. The number of hydrogen-bond donors (Lipinski definition) is 0. The molecule has 1 aromatic carbocycles. The molecule has 0 aromatic heterocycles. The summed E-state index contributed by atoms with van der Waals surface area (Å²) >= 11 is 0. The van der Waals surface area contributed by atoms with Crippen molar-refractivity contribution < 1.29 is 9.72 Å². The van der Waals surface area contributed by atoms with Crippen LogP contribution in [0.4, 0.5) is 11.4 Å². The van der Waals surface area contributed by atoms with Gasteiger partial charge in [0.05, 0.1) is 10.5 Å². The summed E-state index contributed by atoms with van der Waals surface area (Å²) in [5.41, 5.74) is 0.781. The summed E-state index contributed by atoms with van der Waals surface area (Å²) in [4.78, 5) is 22.8. The van der Waals surface area contributed by atoms with E-state index in [2.05, 4.69) is 0 Å². The number of benzene rings is 1.